The van der Waals surface area contributed by atoms with Crippen molar-refractivity contribution in [1.82, 2.24) is 0 Å². The van der Waals surface area contributed by atoms with Gasteiger partial charge in [-0.25, -0.2) is 0 Å². The van der Waals surface area contributed by atoms with E-state index >= 15 is 0 Å². The maximum atomic E-state index is 9.37. The average Bonchev–Trinajstić information content (AvgIpc) is 2.78. The lowest BCUT2D eigenvalue weighted by atomic mass is 9.78. The van der Waals surface area contributed by atoms with Crippen LogP contribution in [-0.4, -0.2) is 17.2 Å². The van der Waals surface area contributed by atoms with Gasteiger partial charge in [0.15, 0.2) is 0 Å². The van der Waals surface area contributed by atoms with E-state index in [0.29, 0.717) is 11.4 Å². The number of fused-ring (bicyclic) bond motifs is 3. The highest BCUT2D eigenvalue weighted by molar-refractivity contribution is 6.58. The van der Waals surface area contributed by atoms with Gasteiger partial charge >= 0.3 is 7.12 Å². The maximum Gasteiger partial charge on any atom is 0.488 e. The van der Waals surface area contributed by atoms with E-state index in [4.69, 9.17) is 0 Å². The second-order valence-electron chi connectivity index (χ2n) is 5.23. The molecule has 0 aromatic heterocycles. The Kier molecular flexibility index (Phi) is 3.47. The molecule has 3 rings (SSSR count). The zero-order valence-electron chi connectivity index (χ0n) is 11.3. The van der Waals surface area contributed by atoms with E-state index in [1.807, 2.05) is 24.3 Å². The van der Waals surface area contributed by atoms with Gasteiger partial charge in [0.2, 0.25) is 0 Å². The Morgan fingerprint density at radius 3 is 2.55 bits per heavy atom. The highest BCUT2D eigenvalue weighted by Gasteiger charge is 2.28. The van der Waals surface area contributed by atoms with Gasteiger partial charge in [-0.1, -0.05) is 48.5 Å². The highest BCUT2D eigenvalue weighted by atomic mass is 16.4. The van der Waals surface area contributed by atoms with E-state index in [-0.39, 0.29) is 0 Å². The minimum atomic E-state index is -1.41. The minimum absolute atomic E-state index is 0.317. The first-order valence-corrected chi connectivity index (χ1v) is 6.92. The van der Waals surface area contributed by atoms with Crippen LogP contribution in [0.5, 0.6) is 0 Å². The molecule has 0 aliphatic heterocycles. The summed E-state index contributed by atoms with van der Waals surface area (Å²) in [4.78, 5) is 0. The predicted octanol–water partition coefficient (Wildman–Crippen LogP) is 2.44. The fourth-order valence-corrected chi connectivity index (χ4v) is 3.08. The van der Waals surface area contributed by atoms with Crippen LogP contribution in [0.15, 0.2) is 55.1 Å². The molecule has 0 heterocycles. The van der Waals surface area contributed by atoms with Gasteiger partial charge in [-0.15, -0.1) is 6.58 Å². The summed E-state index contributed by atoms with van der Waals surface area (Å²) in [5.41, 5.74) is 5.54. The molecule has 0 amide bonds. The number of rotatable bonds is 4. The Bertz CT molecular complexity index is 649. The molecule has 2 nitrogen and oxygen atoms in total. The smallest absolute Gasteiger partial charge is 0.423 e. The van der Waals surface area contributed by atoms with Gasteiger partial charge in [0.1, 0.15) is 0 Å². The summed E-state index contributed by atoms with van der Waals surface area (Å²) >= 11 is 0. The van der Waals surface area contributed by atoms with Crippen molar-refractivity contribution in [3.63, 3.8) is 0 Å². The maximum absolute atomic E-state index is 9.37. The monoisotopic (exact) mass is 264 g/mol. The molecule has 20 heavy (non-hydrogen) atoms. The summed E-state index contributed by atoms with van der Waals surface area (Å²) in [5.74, 6) is 0.317. The van der Waals surface area contributed by atoms with Crippen LogP contribution in [0.2, 0.25) is 0 Å². The molecule has 2 aromatic carbocycles. The summed E-state index contributed by atoms with van der Waals surface area (Å²) in [6.07, 6.45) is 3.88. The molecule has 0 spiro atoms. The number of benzene rings is 2. The van der Waals surface area contributed by atoms with Crippen molar-refractivity contribution in [3.05, 3.63) is 66.2 Å². The van der Waals surface area contributed by atoms with Gasteiger partial charge in [0, 0.05) is 5.92 Å². The van der Waals surface area contributed by atoms with Gasteiger partial charge in [-0.2, -0.15) is 0 Å². The average molecular weight is 264 g/mol. The highest BCUT2D eigenvalue weighted by Crippen LogP contribution is 2.46. The minimum Gasteiger partial charge on any atom is -0.423 e. The molecule has 1 atom stereocenters. The Morgan fingerprint density at radius 1 is 1.05 bits per heavy atom. The van der Waals surface area contributed by atoms with Crippen LogP contribution < -0.4 is 5.46 Å². The van der Waals surface area contributed by atoms with Crippen LogP contribution in [0.25, 0.3) is 11.1 Å². The molecule has 1 aliphatic carbocycles. The van der Waals surface area contributed by atoms with Gasteiger partial charge in [-0.3, -0.25) is 0 Å². The van der Waals surface area contributed by atoms with Gasteiger partial charge in [-0.05, 0) is 40.6 Å². The second-order valence-corrected chi connectivity index (χ2v) is 5.23. The van der Waals surface area contributed by atoms with E-state index in [9.17, 15) is 10.0 Å². The largest absolute Gasteiger partial charge is 0.488 e. The lowest BCUT2D eigenvalue weighted by Crippen LogP contribution is -2.30. The molecule has 0 saturated carbocycles. The topological polar surface area (TPSA) is 40.5 Å². The van der Waals surface area contributed by atoms with Crippen LogP contribution >= 0.6 is 0 Å². The normalized spacial score (nSPS) is 15.6. The zero-order valence-corrected chi connectivity index (χ0v) is 11.3. The van der Waals surface area contributed by atoms with Crippen molar-refractivity contribution in [1.29, 1.82) is 0 Å². The van der Waals surface area contributed by atoms with Gasteiger partial charge in [0.25, 0.3) is 0 Å². The standard InChI is InChI=1S/C17H17BO2/c1-2-3-6-15-13-7-4-5-8-14(13)16-10-9-12(18(19)20)11-17(15)16/h2,4-5,7-11,15,19-20H,1,3,6H2. The molecule has 3 heteroatoms. The second kappa shape index (κ2) is 5.27. The molecule has 0 bridgehead atoms. The summed E-state index contributed by atoms with van der Waals surface area (Å²) < 4.78 is 0. The zero-order chi connectivity index (χ0) is 14.1. The van der Waals surface area contributed by atoms with E-state index in [1.165, 1.54) is 22.3 Å². The summed E-state index contributed by atoms with van der Waals surface area (Å²) in [7, 11) is -1.41. The van der Waals surface area contributed by atoms with Crippen molar-refractivity contribution in [2.24, 2.45) is 0 Å². The number of hydrogen-bond donors (Lipinski definition) is 2. The summed E-state index contributed by atoms with van der Waals surface area (Å²) in [6, 6.07) is 14.1. The third-order valence-corrected chi connectivity index (χ3v) is 4.04. The number of allylic oxidation sites excluding steroid dienone is 1. The van der Waals surface area contributed by atoms with Gasteiger partial charge in [0.05, 0.1) is 0 Å². The van der Waals surface area contributed by atoms with Crippen LogP contribution in [0.1, 0.15) is 29.9 Å². The van der Waals surface area contributed by atoms with E-state index in [2.05, 4.69) is 24.8 Å². The Labute approximate surface area is 119 Å². The first-order valence-electron chi connectivity index (χ1n) is 6.92. The van der Waals surface area contributed by atoms with Crippen LogP contribution in [-0.2, 0) is 0 Å². The molecule has 0 fully saturated rings. The fourth-order valence-electron chi connectivity index (χ4n) is 3.08. The Morgan fingerprint density at radius 2 is 1.80 bits per heavy atom. The van der Waals surface area contributed by atoms with Crippen molar-refractivity contribution < 1.29 is 10.0 Å². The van der Waals surface area contributed by atoms with E-state index in [1.54, 1.807) is 6.07 Å². The molecule has 0 radical (unpaired) electrons. The van der Waals surface area contributed by atoms with Crippen LogP contribution in [0.4, 0.5) is 0 Å². The quantitative estimate of drug-likeness (QED) is 0.657. The summed E-state index contributed by atoms with van der Waals surface area (Å²) in [5, 5.41) is 18.7. The number of hydrogen-bond acceptors (Lipinski definition) is 2. The van der Waals surface area contributed by atoms with Crippen molar-refractivity contribution in [2.75, 3.05) is 0 Å². The summed E-state index contributed by atoms with van der Waals surface area (Å²) in [6.45, 7) is 3.80. The van der Waals surface area contributed by atoms with Crippen molar-refractivity contribution >= 4 is 12.6 Å². The SMILES string of the molecule is C=CCCC1c2ccccc2-c2ccc(B(O)O)cc21. The molecule has 2 aromatic rings. The van der Waals surface area contributed by atoms with Crippen LogP contribution in [0, 0.1) is 0 Å². The fraction of sp³-hybridized carbons (Fsp3) is 0.176. The van der Waals surface area contributed by atoms with E-state index in [0.717, 1.165) is 12.8 Å². The Balaban J connectivity index is 2.12. The molecular formula is C17H17BO2. The van der Waals surface area contributed by atoms with E-state index < -0.39 is 7.12 Å². The van der Waals surface area contributed by atoms with Gasteiger partial charge < -0.3 is 10.0 Å². The first kappa shape index (κ1) is 13.2. The van der Waals surface area contributed by atoms with Crippen molar-refractivity contribution in [2.45, 2.75) is 18.8 Å². The molecule has 0 saturated heterocycles. The van der Waals surface area contributed by atoms with Crippen LogP contribution in [0.3, 0.4) is 0 Å². The predicted molar refractivity (Wildman–Crippen MR) is 83.0 cm³/mol. The lowest BCUT2D eigenvalue weighted by molar-refractivity contribution is 0.425. The lowest BCUT2D eigenvalue weighted by Gasteiger charge is -2.13. The molecule has 2 N–H and O–H groups in total. The molecular weight excluding hydrogens is 247 g/mol. The molecule has 100 valence electrons. The third-order valence-electron chi connectivity index (χ3n) is 4.04. The first-order chi connectivity index (χ1) is 9.72. The molecule has 1 unspecified atom stereocenters. The molecule has 1 aliphatic rings. The third kappa shape index (κ3) is 2.09. The van der Waals surface area contributed by atoms with Crippen molar-refractivity contribution in [3.8, 4) is 11.1 Å². The Hall–Kier alpha value is -1.84.